The highest BCUT2D eigenvalue weighted by atomic mass is 16.4. The van der Waals surface area contributed by atoms with E-state index in [1.54, 1.807) is 6.20 Å². The maximum atomic E-state index is 9.55. The number of nitrogens with zero attached hydrogens (tertiary/aromatic N) is 3. The smallest absolute Gasteiger partial charge is 0.328 e. The molecule has 1 aromatic rings. The number of anilines is 2. The summed E-state index contributed by atoms with van der Waals surface area (Å²) in [6.45, 7) is 1.72. The largest absolute Gasteiger partial charge is 0.478 e. The van der Waals surface area contributed by atoms with E-state index in [9.17, 15) is 9.59 Å². The van der Waals surface area contributed by atoms with Crippen LogP contribution in [0.3, 0.4) is 0 Å². The maximum absolute atomic E-state index is 9.55. The normalized spacial score (nSPS) is 14.3. The Morgan fingerprint density at radius 2 is 1.85 bits per heavy atom. The summed E-state index contributed by atoms with van der Waals surface area (Å²) < 4.78 is 0. The molecule has 0 spiro atoms. The fourth-order valence-corrected chi connectivity index (χ4v) is 1.38. The molecule has 1 aliphatic heterocycles. The lowest BCUT2D eigenvalue weighted by atomic mass is 10.1. The highest BCUT2D eigenvalue weighted by Gasteiger charge is 2.23. The third-order valence-corrected chi connectivity index (χ3v) is 2.26. The molecule has 0 radical (unpaired) electrons. The minimum Gasteiger partial charge on any atom is -0.478 e. The Labute approximate surface area is 114 Å². The molecule has 0 amide bonds. The van der Waals surface area contributed by atoms with E-state index in [0.29, 0.717) is 18.1 Å². The van der Waals surface area contributed by atoms with Gasteiger partial charge in [-0.25, -0.2) is 14.6 Å². The van der Waals surface area contributed by atoms with E-state index < -0.39 is 11.9 Å². The van der Waals surface area contributed by atoms with Crippen molar-refractivity contribution < 1.29 is 19.8 Å². The predicted molar refractivity (Wildman–Crippen MR) is 71.0 cm³/mol. The number of hydrogen-bond donors (Lipinski definition) is 4. The molecule has 0 atom stereocenters. The topological polar surface area (TPSA) is 156 Å². The average molecular weight is 281 g/mol. The molecule has 6 N–H and O–H groups in total. The Bertz CT molecular complexity index is 497. The number of carbonyl (C=O) groups is 2. The lowest BCUT2D eigenvalue weighted by Gasteiger charge is -2.37. The van der Waals surface area contributed by atoms with Gasteiger partial charge in [0.2, 0.25) is 5.95 Å². The fourth-order valence-electron chi connectivity index (χ4n) is 1.38. The van der Waals surface area contributed by atoms with Gasteiger partial charge in [-0.15, -0.1) is 0 Å². The molecule has 20 heavy (non-hydrogen) atoms. The zero-order valence-corrected chi connectivity index (χ0v) is 10.5. The average Bonchev–Trinajstić information content (AvgIpc) is 2.33. The first kappa shape index (κ1) is 15.4. The Balaban J connectivity index is 0.000000221. The first-order chi connectivity index (χ1) is 9.38. The van der Waals surface area contributed by atoms with Crippen molar-refractivity contribution in [2.75, 3.05) is 23.7 Å². The molecule has 2 rings (SSSR count). The first-order valence-electron chi connectivity index (χ1n) is 5.61. The van der Waals surface area contributed by atoms with Crippen molar-refractivity contribution in [2.24, 2.45) is 5.73 Å². The predicted octanol–water partition coefficient (Wildman–Crippen LogP) is -1.08. The molecular weight excluding hydrogens is 266 g/mol. The van der Waals surface area contributed by atoms with Crippen molar-refractivity contribution in [3.63, 3.8) is 0 Å². The van der Waals surface area contributed by atoms with Crippen LogP contribution in [-0.4, -0.2) is 51.3 Å². The van der Waals surface area contributed by atoms with E-state index in [0.717, 1.165) is 18.9 Å². The SMILES string of the molecule is Nc1nccc(N2CC(N)C2)n1.O=C(O)/C=C/C(=O)O. The number of rotatable bonds is 3. The molecule has 2 heterocycles. The number of hydrogen-bond acceptors (Lipinski definition) is 7. The lowest BCUT2D eigenvalue weighted by molar-refractivity contribution is -0.134. The van der Waals surface area contributed by atoms with Crippen LogP contribution in [-0.2, 0) is 9.59 Å². The van der Waals surface area contributed by atoms with Crippen LogP contribution in [0.4, 0.5) is 11.8 Å². The van der Waals surface area contributed by atoms with Crippen LogP contribution >= 0.6 is 0 Å². The van der Waals surface area contributed by atoms with Gasteiger partial charge in [-0.3, -0.25) is 0 Å². The van der Waals surface area contributed by atoms with Gasteiger partial charge >= 0.3 is 11.9 Å². The molecule has 0 unspecified atom stereocenters. The number of aliphatic carboxylic acids is 2. The molecule has 1 aliphatic rings. The Kier molecular flexibility index (Phi) is 5.42. The van der Waals surface area contributed by atoms with Gasteiger partial charge in [-0.2, -0.15) is 4.98 Å². The van der Waals surface area contributed by atoms with E-state index in [1.807, 2.05) is 6.07 Å². The summed E-state index contributed by atoms with van der Waals surface area (Å²) in [5, 5.41) is 15.6. The second kappa shape index (κ2) is 7.04. The van der Waals surface area contributed by atoms with Crippen molar-refractivity contribution in [2.45, 2.75) is 6.04 Å². The number of nitrogens with two attached hydrogens (primary N) is 2. The highest BCUT2D eigenvalue weighted by molar-refractivity contribution is 5.89. The van der Waals surface area contributed by atoms with E-state index in [1.165, 1.54) is 0 Å². The molecule has 0 aromatic carbocycles. The number of carboxylic acid groups (broad SMARTS) is 2. The minimum atomic E-state index is -1.26. The third kappa shape index (κ3) is 5.31. The summed E-state index contributed by atoms with van der Waals surface area (Å²) in [6.07, 6.45) is 2.77. The van der Waals surface area contributed by atoms with Crippen molar-refractivity contribution in [3.8, 4) is 0 Å². The molecular formula is C11H15N5O4. The zero-order valence-electron chi connectivity index (χ0n) is 10.5. The molecule has 9 heteroatoms. The van der Waals surface area contributed by atoms with Crippen molar-refractivity contribution in [1.29, 1.82) is 0 Å². The summed E-state index contributed by atoms with van der Waals surface area (Å²) in [6, 6.07) is 2.11. The van der Waals surface area contributed by atoms with Crippen LogP contribution in [0.25, 0.3) is 0 Å². The Morgan fingerprint density at radius 3 is 2.25 bits per heavy atom. The minimum absolute atomic E-state index is 0.279. The molecule has 0 aliphatic carbocycles. The van der Waals surface area contributed by atoms with Gasteiger partial charge in [0.25, 0.3) is 0 Å². The van der Waals surface area contributed by atoms with E-state index >= 15 is 0 Å². The number of nitrogen functional groups attached to an aromatic ring is 1. The molecule has 108 valence electrons. The maximum Gasteiger partial charge on any atom is 0.328 e. The van der Waals surface area contributed by atoms with Crippen LogP contribution in [0.2, 0.25) is 0 Å². The quantitative estimate of drug-likeness (QED) is 0.506. The summed E-state index contributed by atoms with van der Waals surface area (Å²) in [5.41, 5.74) is 11.1. The van der Waals surface area contributed by atoms with E-state index in [4.69, 9.17) is 21.7 Å². The van der Waals surface area contributed by atoms with Crippen LogP contribution < -0.4 is 16.4 Å². The molecule has 1 saturated heterocycles. The molecule has 1 aromatic heterocycles. The number of carboxylic acids is 2. The van der Waals surface area contributed by atoms with Crippen molar-refractivity contribution in [3.05, 3.63) is 24.4 Å². The monoisotopic (exact) mass is 281 g/mol. The van der Waals surface area contributed by atoms with Crippen molar-refractivity contribution in [1.82, 2.24) is 9.97 Å². The summed E-state index contributed by atoms with van der Waals surface area (Å²) in [5.74, 6) is -1.34. The van der Waals surface area contributed by atoms with Gasteiger partial charge < -0.3 is 26.6 Å². The summed E-state index contributed by atoms with van der Waals surface area (Å²) >= 11 is 0. The summed E-state index contributed by atoms with van der Waals surface area (Å²) in [4.78, 5) is 29.1. The van der Waals surface area contributed by atoms with Gasteiger partial charge in [0.1, 0.15) is 5.82 Å². The van der Waals surface area contributed by atoms with E-state index in [2.05, 4.69) is 14.9 Å². The van der Waals surface area contributed by atoms with Crippen LogP contribution in [0.1, 0.15) is 0 Å². The van der Waals surface area contributed by atoms with Crippen molar-refractivity contribution >= 4 is 23.7 Å². The Hall–Kier alpha value is -2.68. The molecule has 9 nitrogen and oxygen atoms in total. The first-order valence-corrected chi connectivity index (χ1v) is 5.61. The van der Waals surface area contributed by atoms with E-state index in [-0.39, 0.29) is 6.04 Å². The van der Waals surface area contributed by atoms with Gasteiger partial charge in [-0.05, 0) is 6.07 Å². The standard InChI is InChI=1S/C7H11N5.C4H4O4/c8-5-3-12(4-5)6-1-2-10-7(9)11-6;5-3(6)1-2-4(7)8/h1-2,5H,3-4,8H2,(H2,9,10,11);1-2H,(H,5,6)(H,7,8)/b;2-1+. The van der Waals surface area contributed by atoms with Gasteiger partial charge in [0.05, 0.1) is 0 Å². The van der Waals surface area contributed by atoms with Gasteiger partial charge in [0, 0.05) is 37.5 Å². The van der Waals surface area contributed by atoms with Crippen LogP contribution in [0.15, 0.2) is 24.4 Å². The molecule has 0 saturated carbocycles. The number of aromatic nitrogens is 2. The van der Waals surface area contributed by atoms with Crippen LogP contribution in [0.5, 0.6) is 0 Å². The second-order valence-corrected chi connectivity index (χ2v) is 3.95. The van der Waals surface area contributed by atoms with Gasteiger partial charge in [-0.1, -0.05) is 0 Å². The van der Waals surface area contributed by atoms with Gasteiger partial charge in [0.15, 0.2) is 0 Å². The molecule has 1 fully saturated rings. The lowest BCUT2D eigenvalue weighted by Crippen LogP contribution is -2.56. The Morgan fingerprint density at radius 1 is 1.30 bits per heavy atom. The third-order valence-electron chi connectivity index (χ3n) is 2.26. The fraction of sp³-hybridized carbons (Fsp3) is 0.273. The molecule has 0 bridgehead atoms. The van der Waals surface area contributed by atoms with Crippen LogP contribution in [0, 0.1) is 0 Å². The summed E-state index contributed by atoms with van der Waals surface area (Å²) in [7, 11) is 0. The highest BCUT2D eigenvalue weighted by Crippen LogP contribution is 2.16. The second-order valence-electron chi connectivity index (χ2n) is 3.95. The zero-order chi connectivity index (χ0) is 15.1.